The molecule has 7 nitrogen and oxygen atoms in total. The standard InChI is InChI=1S/C26H43N3O4/c1-10-12-17-27-22(30)21(20-15-13-18(3)14-16-20)29(26(8,9)11-2)23(31)19(4)28-24(32)33-25(5,6)7/h13-16,19,21H,10-12,17H2,1-9H3,(H,27,30)(H,28,32). The first kappa shape index (κ1) is 28.5. The van der Waals surface area contributed by atoms with E-state index < -0.39 is 29.3 Å². The van der Waals surface area contributed by atoms with Crippen LogP contribution in [0.25, 0.3) is 0 Å². The summed E-state index contributed by atoms with van der Waals surface area (Å²) < 4.78 is 5.32. The lowest BCUT2D eigenvalue weighted by molar-refractivity contribution is -0.149. The number of nitrogens with one attached hydrogen (secondary N) is 2. The van der Waals surface area contributed by atoms with Gasteiger partial charge in [0, 0.05) is 12.1 Å². The number of carbonyl (C=O) groups is 3. The van der Waals surface area contributed by atoms with E-state index in [4.69, 9.17) is 4.74 Å². The first-order valence-corrected chi connectivity index (χ1v) is 11.9. The number of aryl methyl sites for hydroxylation is 1. The van der Waals surface area contributed by atoms with Crippen molar-refractivity contribution in [3.8, 4) is 0 Å². The number of hydrogen-bond acceptors (Lipinski definition) is 4. The van der Waals surface area contributed by atoms with Crippen molar-refractivity contribution in [3.05, 3.63) is 35.4 Å². The molecule has 1 aromatic rings. The Kier molecular flexibility index (Phi) is 10.4. The average molecular weight is 462 g/mol. The zero-order valence-corrected chi connectivity index (χ0v) is 21.9. The summed E-state index contributed by atoms with van der Waals surface area (Å²) in [6.45, 7) is 17.3. The zero-order valence-electron chi connectivity index (χ0n) is 21.9. The van der Waals surface area contributed by atoms with Crippen molar-refractivity contribution in [2.45, 2.75) is 105 Å². The van der Waals surface area contributed by atoms with Gasteiger partial charge in [-0.05, 0) is 66.9 Å². The lowest BCUT2D eigenvalue weighted by Gasteiger charge is -2.44. The summed E-state index contributed by atoms with van der Waals surface area (Å²) in [6, 6.07) is 5.95. The Balaban J connectivity index is 3.38. The molecule has 1 rings (SSSR count). The summed E-state index contributed by atoms with van der Waals surface area (Å²) in [5.41, 5.74) is 0.475. The molecule has 0 fully saturated rings. The molecule has 33 heavy (non-hydrogen) atoms. The van der Waals surface area contributed by atoms with Gasteiger partial charge in [-0.25, -0.2) is 4.79 Å². The molecule has 2 N–H and O–H groups in total. The van der Waals surface area contributed by atoms with E-state index in [-0.39, 0.29) is 11.8 Å². The highest BCUT2D eigenvalue weighted by Crippen LogP contribution is 2.32. The molecule has 0 heterocycles. The van der Waals surface area contributed by atoms with Crippen molar-refractivity contribution in [1.82, 2.24) is 15.5 Å². The molecule has 0 aliphatic heterocycles. The molecule has 7 heteroatoms. The van der Waals surface area contributed by atoms with E-state index in [0.29, 0.717) is 13.0 Å². The van der Waals surface area contributed by atoms with Crippen LogP contribution in [0.3, 0.4) is 0 Å². The van der Waals surface area contributed by atoms with Crippen LogP contribution in [0, 0.1) is 6.92 Å². The number of carbonyl (C=O) groups excluding carboxylic acids is 3. The van der Waals surface area contributed by atoms with Crippen LogP contribution in [0.4, 0.5) is 4.79 Å². The molecule has 2 atom stereocenters. The van der Waals surface area contributed by atoms with Gasteiger partial charge in [-0.2, -0.15) is 0 Å². The molecule has 0 aliphatic carbocycles. The molecule has 0 radical (unpaired) electrons. The van der Waals surface area contributed by atoms with Gasteiger partial charge in [0.25, 0.3) is 0 Å². The van der Waals surface area contributed by atoms with Crippen molar-refractivity contribution in [2.75, 3.05) is 6.54 Å². The van der Waals surface area contributed by atoms with Gasteiger partial charge in [0.2, 0.25) is 11.8 Å². The van der Waals surface area contributed by atoms with E-state index in [0.717, 1.165) is 24.0 Å². The lowest BCUT2D eigenvalue weighted by Crippen LogP contribution is -2.58. The fraction of sp³-hybridized carbons (Fsp3) is 0.654. The number of alkyl carbamates (subject to hydrolysis) is 1. The Morgan fingerprint density at radius 3 is 2.09 bits per heavy atom. The van der Waals surface area contributed by atoms with Crippen LogP contribution in [0.15, 0.2) is 24.3 Å². The fourth-order valence-corrected chi connectivity index (χ4v) is 3.35. The van der Waals surface area contributed by atoms with Crippen LogP contribution >= 0.6 is 0 Å². The lowest BCUT2D eigenvalue weighted by atomic mass is 9.92. The van der Waals surface area contributed by atoms with E-state index >= 15 is 0 Å². The molecular weight excluding hydrogens is 418 g/mol. The van der Waals surface area contributed by atoms with Crippen LogP contribution in [-0.4, -0.2) is 46.5 Å². The van der Waals surface area contributed by atoms with E-state index in [1.54, 1.807) is 32.6 Å². The van der Waals surface area contributed by atoms with Crippen molar-refractivity contribution in [1.29, 1.82) is 0 Å². The Hall–Kier alpha value is -2.57. The van der Waals surface area contributed by atoms with Gasteiger partial charge >= 0.3 is 6.09 Å². The minimum absolute atomic E-state index is 0.230. The molecule has 0 bridgehead atoms. The minimum atomic E-state index is -0.873. The highest BCUT2D eigenvalue weighted by Gasteiger charge is 2.42. The molecule has 0 aliphatic rings. The maximum absolute atomic E-state index is 13.7. The number of amides is 3. The molecule has 3 amide bonds. The van der Waals surface area contributed by atoms with Crippen molar-refractivity contribution in [2.24, 2.45) is 0 Å². The smallest absolute Gasteiger partial charge is 0.408 e. The zero-order chi connectivity index (χ0) is 25.4. The quantitative estimate of drug-likeness (QED) is 0.486. The van der Waals surface area contributed by atoms with E-state index in [9.17, 15) is 14.4 Å². The summed E-state index contributed by atoms with van der Waals surface area (Å²) in [5.74, 6) is -0.574. The number of ether oxygens (including phenoxy) is 1. The Morgan fingerprint density at radius 2 is 1.61 bits per heavy atom. The first-order chi connectivity index (χ1) is 15.2. The van der Waals surface area contributed by atoms with Crippen LogP contribution in [0.1, 0.15) is 91.8 Å². The van der Waals surface area contributed by atoms with Gasteiger partial charge in [-0.1, -0.05) is 50.1 Å². The molecule has 2 unspecified atom stereocenters. The van der Waals surface area contributed by atoms with Gasteiger partial charge < -0.3 is 20.3 Å². The van der Waals surface area contributed by atoms with Gasteiger partial charge in [0.1, 0.15) is 17.7 Å². The topological polar surface area (TPSA) is 87.7 Å². The summed E-state index contributed by atoms with van der Waals surface area (Å²) in [5, 5.41) is 5.63. The summed E-state index contributed by atoms with van der Waals surface area (Å²) in [7, 11) is 0. The average Bonchev–Trinajstić information content (AvgIpc) is 2.70. The second-order valence-electron chi connectivity index (χ2n) is 10.2. The van der Waals surface area contributed by atoms with Crippen LogP contribution < -0.4 is 10.6 Å². The van der Waals surface area contributed by atoms with Crippen LogP contribution in [-0.2, 0) is 14.3 Å². The second kappa shape index (κ2) is 12.1. The number of hydrogen-bond donors (Lipinski definition) is 2. The first-order valence-electron chi connectivity index (χ1n) is 11.9. The van der Waals surface area contributed by atoms with Gasteiger partial charge in [0.15, 0.2) is 0 Å². The van der Waals surface area contributed by atoms with Crippen molar-refractivity contribution < 1.29 is 19.1 Å². The van der Waals surface area contributed by atoms with E-state index in [2.05, 4.69) is 17.6 Å². The second-order valence-corrected chi connectivity index (χ2v) is 10.2. The van der Waals surface area contributed by atoms with Gasteiger partial charge in [-0.3, -0.25) is 9.59 Å². The maximum atomic E-state index is 13.7. The predicted molar refractivity (Wildman–Crippen MR) is 132 cm³/mol. The van der Waals surface area contributed by atoms with E-state index in [1.807, 2.05) is 52.0 Å². The minimum Gasteiger partial charge on any atom is -0.444 e. The molecule has 1 aromatic carbocycles. The molecule has 0 aromatic heterocycles. The third-order valence-corrected chi connectivity index (χ3v) is 5.59. The predicted octanol–water partition coefficient (Wildman–Crippen LogP) is 4.88. The number of unbranched alkanes of at least 4 members (excludes halogenated alkanes) is 1. The van der Waals surface area contributed by atoms with Crippen LogP contribution in [0.5, 0.6) is 0 Å². The summed E-state index contributed by atoms with van der Waals surface area (Å²) in [6.07, 6.45) is 1.77. The molecule has 0 saturated carbocycles. The molecule has 0 saturated heterocycles. The highest BCUT2D eigenvalue weighted by atomic mass is 16.6. The Bertz CT molecular complexity index is 797. The van der Waals surface area contributed by atoms with Crippen LogP contribution in [0.2, 0.25) is 0 Å². The third kappa shape index (κ3) is 8.71. The highest BCUT2D eigenvalue weighted by molar-refractivity contribution is 5.92. The number of benzene rings is 1. The summed E-state index contributed by atoms with van der Waals surface area (Å²) >= 11 is 0. The van der Waals surface area contributed by atoms with Gasteiger partial charge in [0.05, 0.1) is 0 Å². The summed E-state index contributed by atoms with van der Waals surface area (Å²) in [4.78, 5) is 41.1. The van der Waals surface area contributed by atoms with Crippen molar-refractivity contribution in [3.63, 3.8) is 0 Å². The Labute approximate surface area is 199 Å². The SMILES string of the molecule is CCCCNC(=O)C(c1ccc(C)cc1)N(C(=O)C(C)NC(=O)OC(C)(C)C)C(C)(C)CC. The molecule has 186 valence electrons. The van der Waals surface area contributed by atoms with Crippen molar-refractivity contribution >= 4 is 17.9 Å². The molecule has 0 spiro atoms. The largest absolute Gasteiger partial charge is 0.444 e. The van der Waals surface area contributed by atoms with Gasteiger partial charge in [-0.15, -0.1) is 0 Å². The number of nitrogens with zero attached hydrogens (tertiary/aromatic N) is 1. The maximum Gasteiger partial charge on any atom is 0.408 e. The number of rotatable bonds is 10. The normalized spacial score (nSPS) is 13.6. The monoisotopic (exact) mass is 461 g/mol. The van der Waals surface area contributed by atoms with E-state index in [1.165, 1.54) is 0 Å². The third-order valence-electron chi connectivity index (χ3n) is 5.59. The Morgan fingerprint density at radius 1 is 1.03 bits per heavy atom. The fourth-order valence-electron chi connectivity index (χ4n) is 3.35. The molecular formula is C26H43N3O4.